The molecule has 0 bridgehead atoms. The predicted molar refractivity (Wildman–Crippen MR) is 85.2 cm³/mol. The van der Waals surface area contributed by atoms with E-state index in [1.54, 1.807) is 0 Å². The number of nitrogens with zero attached hydrogens (tertiary/aromatic N) is 2. The second-order valence-corrected chi connectivity index (χ2v) is 5.82. The summed E-state index contributed by atoms with van der Waals surface area (Å²) in [6.07, 6.45) is -1.50. The molecule has 0 saturated carbocycles. The molecule has 120 valence electrons. The molecular formula is C18H20N2O3. The van der Waals surface area contributed by atoms with Crippen LogP contribution in [0, 0.1) is 0 Å². The van der Waals surface area contributed by atoms with Crippen molar-refractivity contribution in [2.75, 3.05) is 0 Å². The largest absolute Gasteiger partial charge is 0.415 e. The van der Waals surface area contributed by atoms with Gasteiger partial charge in [0.15, 0.2) is 5.72 Å². The van der Waals surface area contributed by atoms with Crippen LogP contribution in [0.4, 0.5) is 0 Å². The molecule has 0 saturated heterocycles. The van der Waals surface area contributed by atoms with Crippen LogP contribution in [0.25, 0.3) is 0 Å². The first kappa shape index (κ1) is 15.8. The third-order valence-corrected chi connectivity index (χ3v) is 3.32. The van der Waals surface area contributed by atoms with Crippen molar-refractivity contribution in [2.45, 2.75) is 38.9 Å². The van der Waals surface area contributed by atoms with Gasteiger partial charge < -0.3 is 9.47 Å². The van der Waals surface area contributed by atoms with Gasteiger partial charge in [-0.2, -0.15) is 5.11 Å². The van der Waals surface area contributed by atoms with E-state index in [-0.39, 0.29) is 0 Å². The van der Waals surface area contributed by atoms with E-state index >= 15 is 0 Å². The first-order valence-electron chi connectivity index (χ1n) is 7.57. The Hall–Kier alpha value is -2.08. The number of hydrogen-bond acceptors (Lipinski definition) is 5. The zero-order valence-electron chi connectivity index (χ0n) is 13.3. The van der Waals surface area contributed by atoms with Gasteiger partial charge in [0.05, 0.1) is 13.2 Å². The third-order valence-electron chi connectivity index (χ3n) is 3.32. The summed E-state index contributed by atoms with van der Waals surface area (Å²) in [5, 5.41) is 8.21. The van der Waals surface area contributed by atoms with Crippen LogP contribution in [0.3, 0.4) is 0 Å². The molecule has 5 nitrogen and oxygen atoms in total. The molecule has 23 heavy (non-hydrogen) atoms. The van der Waals surface area contributed by atoms with Gasteiger partial charge in [-0.05, 0) is 25.0 Å². The molecule has 0 unspecified atom stereocenters. The number of benzene rings is 2. The van der Waals surface area contributed by atoms with E-state index in [0.29, 0.717) is 13.2 Å². The molecule has 0 amide bonds. The molecule has 0 radical (unpaired) electrons. The van der Waals surface area contributed by atoms with Gasteiger partial charge in [-0.3, -0.25) is 4.74 Å². The minimum atomic E-state index is -1.50. The average Bonchev–Trinajstić information content (AvgIpc) is 2.89. The molecular weight excluding hydrogens is 292 g/mol. The predicted octanol–water partition coefficient (Wildman–Crippen LogP) is 4.25. The summed E-state index contributed by atoms with van der Waals surface area (Å²) >= 11 is 0. The quantitative estimate of drug-likeness (QED) is 0.749. The van der Waals surface area contributed by atoms with Crippen LogP contribution in [0.1, 0.15) is 25.0 Å². The summed E-state index contributed by atoms with van der Waals surface area (Å²) < 4.78 is 17.5. The van der Waals surface area contributed by atoms with Crippen molar-refractivity contribution in [3.05, 3.63) is 71.8 Å². The van der Waals surface area contributed by atoms with Gasteiger partial charge in [0.2, 0.25) is 0 Å². The highest BCUT2D eigenvalue weighted by Gasteiger charge is 2.46. The van der Waals surface area contributed by atoms with Crippen LogP contribution < -0.4 is 0 Å². The molecule has 1 aliphatic rings. The van der Waals surface area contributed by atoms with Crippen molar-refractivity contribution in [2.24, 2.45) is 10.2 Å². The number of rotatable bonds is 6. The second-order valence-electron chi connectivity index (χ2n) is 5.82. The smallest absolute Gasteiger partial charge is 0.302 e. The zero-order chi connectivity index (χ0) is 16.2. The molecule has 1 heterocycles. The fraction of sp³-hybridized carbons (Fsp3) is 0.333. The van der Waals surface area contributed by atoms with Crippen molar-refractivity contribution < 1.29 is 14.2 Å². The Morgan fingerprint density at radius 1 is 0.783 bits per heavy atom. The van der Waals surface area contributed by atoms with Crippen LogP contribution >= 0.6 is 0 Å². The van der Waals surface area contributed by atoms with Crippen LogP contribution in [-0.2, 0) is 27.4 Å². The maximum atomic E-state index is 5.83. The van der Waals surface area contributed by atoms with E-state index in [9.17, 15) is 0 Å². The summed E-state index contributed by atoms with van der Waals surface area (Å²) in [6.45, 7) is 4.28. The SMILES string of the molecule is CC1(C)N=NC(OCc2ccccc2)(OCc2ccccc2)O1. The molecule has 0 aromatic heterocycles. The molecule has 0 fully saturated rings. The van der Waals surface area contributed by atoms with E-state index < -0.39 is 11.8 Å². The molecule has 5 heteroatoms. The highest BCUT2D eigenvalue weighted by Crippen LogP contribution is 2.35. The Morgan fingerprint density at radius 3 is 1.65 bits per heavy atom. The van der Waals surface area contributed by atoms with Crippen LogP contribution in [0.2, 0.25) is 0 Å². The maximum Gasteiger partial charge on any atom is 0.415 e. The van der Waals surface area contributed by atoms with Crippen molar-refractivity contribution in [3.63, 3.8) is 0 Å². The summed E-state index contributed by atoms with van der Waals surface area (Å²) in [6, 6.07) is 19.6. The zero-order valence-corrected chi connectivity index (χ0v) is 13.3. The summed E-state index contributed by atoms with van der Waals surface area (Å²) in [4.78, 5) is 0. The molecule has 0 atom stereocenters. The Labute approximate surface area is 135 Å². The van der Waals surface area contributed by atoms with Gasteiger partial charge >= 0.3 is 6.10 Å². The number of hydrogen-bond donors (Lipinski definition) is 0. The maximum absolute atomic E-state index is 5.83. The lowest BCUT2D eigenvalue weighted by Crippen LogP contribution is -2.38. The van der Waals surface area contributed by atoms with Gasteiger partial charge in [0, 0.05) is 0 Å². The first-order valence-corrected chi connectivity index (χ1v) is 7.57. The van der Waals surface area contributed by atoms with Crippen molar-refractivity contribution in [3.8, 4) is 0 Å². The van der Waals surface area contributed by atoms with Gasteiger partial charge in [-0.25, -0.2) is 0 Å². The molecule has 2 aromatic carbocycles. The Balaban J connectivity index is 1.69. The lowest BCUT2D eigenvalue weighted by atomic mass is 10.2. The first-order chi connectivity index (χ1) is 11.1. The normalized spacial score (nSPS) is 18.2. The van der Waals surface area contributed by atoms with Gasteiger partial charge in [0.1, 0.15) is 0 Å². The highest BCUT2D eigenvalue weighted by molar-refractivity contribution is 5.14. The van der Waals surface area contributed by atoms with E-state index in [4.69, 9.17) is 14.2 Å². The van der Waals surface area contributed by atoms with Crippen LogP contribution in [0.5, 0.6) is 0 Å². The Morgan fingerprint density at radius 2 is 1.26 bits per heavy atom. The van der Waals surface area contributed by atoms with E-state index in [1.165, 1.54) is 0 Å². The topological polar surface area (TPSA) is 52.4 Å². The Bertz CT molecular complexity index is 613. The van der Waals surface area contributed by atoms with E-state index in [0.717, 1.165) is 11.1 Å². The molecule has 0 N–H and O–H groups in total. The van der Waals surface area contributed by atoms with Crippen LogP contribution in [-0.4, -0.2) is 11.8 Å². The lowest BCUT2D eigenvalue weighted by molar-refractivity contribution is -0.393. The fourth-order valence-corrected chi connectivity index (χ4v) is 2.19. The number of ether oxygens (including phenoxy) is 3. The summed E-state index contributed by atoms with van der Waals surface area (Å²) in [5.41, 5.74) is 1.25. The standard InChI is InChI=1S/C18H20N2O3/c1-17(2)19-20-18(23-17,21-13-15-9-5-3-6-10-15)22-14-16-11-7-4-8-12-16/h3-12H,13-14H2,1-2H3. The lowest BCUT2D eigenvalue weighted by Gasteiger charge is -2.27. The van der Waals surface area contributed by atoms with Gasteiger partial charge in [0.25, 0.3) is 0 Å². The van der Waals surface area contributed by atoms with Gasteiger partial charge in [-0.1, -0.05) is 65.8 Å². The Kier molecular flexibility index (Phi) is 4.52. The van der Waals surface area contributed by atoms with E-state index in [2.05, 4.69) is 10.2 Å². The molecule has 3 rings (SSSR count). The number of azo groups is 1. The monoisotopic (exact) mass is 312 g/mol. The fourth-order valence-electron chi connectivity index (χ4n) is 2.19. The minimum absolute atomic E-state index is 0.324. The van der Waals surface area contributed by atoms with Crippen molar-refractivity contribution in [1.82, 2.24) is 0 Å². The van der Waals surface area contributed by atoms with Crippen molar-refractivity contribution in [1.29, 1.82) is 0 Å². The van der Waals surface area contributed by atoms with Crippen LogP contribution in [0.15, 0.2) is 70.9 Å². The summed E-state index contributed by atoms with van der Waals surface area (Å²) in [7, 11) is 0. The van der Waals surface area contributed by atoms with Crippen molar-refractivity contribution >= 4 is 0 Å². The summed E-state index contributed by atoms with van der Waals surface area (Å²) in [5.74, 6) is 0. The average molecular weight is 312 g/mol. The minimum Gasteiger partial charge on any atom is -0.302 e. The third kappa shape index (κ3) is 4.22. The molecule has 1 aliphatic heterocycles. The second kappa shape index (κ2) is 6.58. The van der Waals surface area contributed by atoms with Gasteiger partial charge in [-0.15, -0.1) is 0 Å². The van der Waals surface area contributed by atoms with E-state index in [1.807, 2.05) is 74.5 Å². The molecule has 0 spiro atoms. The molecule has 0 aliphatic carbocycles. The molecule has 2 aromatic rings. The highest BCUT2D eigenvalue weighted by atomic mass is 16.9.